The van der Waals surface area contributed by atoms with Crippen molar-refractivity contribution in [3.63, 3.8) is 0 Å². The van der Waals surface area contributed by atoms with Gasteiger partial charge in [-0.1, -0.05) is 32.1 Å². The molecular formula is C14H22BrNO4. The van der Waals surface area contributed by atoms with E-state index in [-0.39, 0.29) is 23.8 Å². The fourth-order valence-electron chi connectivity index (χ4n) is 2.40. The molecule has 0 bridgehead atoms. The standard InChI is InChI=1S/C14H22BrNO4/c15-20-14(19)8-6-4-2-1-3-5-7-11(10-17)12-9-13(18)16-12/h10-12H,1-9H2,(H,16,18). The lowest BCUT2D eigenvalue weighted by molar-refractivity contribution is -0.133. The Hall–Kier alpha value is -0.910. The summed E-state index contributed by atoms with van der Waals surface area (Å²) >= 11 is 2.66. The van der Waals surface area contributed by atoms with Gasteiger partial charge in [0.05, 0.1) is 0 Å². The summed E-state index contributed by atoms with van der Waals surface area (Å²) in [6.45, 7) is 0. The number of rotatable bonds is 11. The Balaban J connectivity index is 1.92. The fourth-order valence-corrected chi connectivity index (χ4v) is 2.56. The molecule has 6 heteroatoms. The van der Waals surface area contributed by atoms with Gasteiger partial charge < -0.3 is 13.9 Å². The smallest absolute Gasteiger partial charge is 0.317 e. The predicted octanol–water partition coefficient (Wildman–Crippen LogP) is 2.66. The Labute approximate surface area is 128 Å². The van der Waals surface area contributed by atoms with Crippen molar-refractivity contribution in [2.45, 2.75) is 63.8 Å². The highest BCUT2D eigenvalue weighted by molar-refractivity contribution is 9.06. The molecule has 5 nitrogen and oxygen atoms in total. The second-order valence-corrected chi connectivity index (χ2v) is 5.61. The van der Waals surface area contributed by atoms with E-state index in [0.717, 1.165) is 51.2 Å². The molecule has 1 rings (SSSR count). The summed E-state index contributed by atoms with van der Waals surface area (Å²) in [5.74, 6) is -0.202. The van der Waals surface area contributed by atoms with E-state index in [4.69, 9.17) is 0 Å². The van der Waals surface area contributed by atoms with Crippen molar-refractivity contribution in [2.24, 2.45) is 5.92 Å². The molecule has 1 aliphatic heterocycles. The summed E-state index contributed by atoms with van der Waals surface area (Å²) in [6.07, 6.45) is 8.97. The number of unbranched alkanes of at least 4 members (excludes halogenated alkanes) is 5. The molecule has 1 fully saturated rings. The Bertz CT molecular complexity index is 327. The van der Waals surface area contributed by atoms with Gasteiger partial charge in [0.1, 0.15) is 6.29 Å². The second-order valence-electron chi connectivity index (χ2n) is 5.29. The van der Waals surface area contributed by atoms with E-state index in [1.54, 1.807) is 0 Å². The lowest BCUT2D eigenvalue weighted by Crippen LogP contribution is -2.53. The molecule has 0 radical (unpaired) electrons. The first kappa shape index (κ1) is 17.1. The van der Waals surface area contributed by atoms with Gasteiger partial charge in [0.2, 0.25) is 5.91 Å². The molecule has 20 heavy (non-hydrogen) atoms. The molecule has 2 atom stereocenters. The van der Waals surface area contributed by atoms with Gasteiger partial charge in [-0.3, -0.25) is 9.59 Å². The average molecular weight is 348 g/mol. The summed E-state index contributed by atoms with van der Waals surface area (Å²) in [5, 5.41) is 2.76. The third kappa shape index (κ3) is 6.50. The molecule has 0 aromatic heterocycles. The van der Waals surface area contributed by atoms with Gasteiger partial charge in [-0.25, -0.2) is 0 Å². The first-order valence-electron chi connectivity index (χ1n) is 7.23. The van der Waals surface area contributed by atoms with E-state index >= 15 is 0 Å². The number of hydrogen-bond donors (Lipinski definition) is 1. The molecule has 1 aliphatic rings. The zero-order valence-corrected chi connectivity index (χ0v) is 13.2. The molecule has 1 saturated heterocycles. The van der Waals surface area contributed by atoms with E-state index in [2.05, 4.69) is 25.4 Å². The van der Waals surface area contributed by atoms with Crippen LogP contribution in [0.4, 0.5) is 0 Å². The third-order valence-corrected chi connectivity index (χ3v) is 4.06. The number of halogens is 1. The number of amides is 1. The monoisotopic (exact) mass is 347 g/mol. The van der Waals surface area contributed by atoms with Gasteiger partial charge in [-0.2, -0.15) is 0 Å². The van der Waals surface area contributed by atoms with Crippen LogP contribution < -0.4 is 5.32 Å². The normalized spacial score (nSPS) is 18.9. The minimum absolute atomic E-state index is 0.0265. The summed E-state index contributed by atoms with van der Waals surface area (Å²) < 4.78 is 4.39. The molecule has 1 heterocycles. The van der Waals surface area contributed by atoms with Crippen LogP contribution in [0.5, 0.6) is 0 Å². The number of carbonyl (C=O) groups excluding carboxylic acids is 3. The van der Waals surface area contributed by atoms with E-state index in [9.17, 15) is 14.4 Å². The van der Waals surface area contributed by atoms with E-state index in [1.807, 2.05) is 0 Å². The maximum Gasteiger partial charge on any atom is 0.317 e. The topological polar surface area (TPSA) is 72.5 Å². The van der Waals surface area contributed by atoms with Crippen LogP contribution in [0.3, 0.4) is 0 Å². The van der Waals surface area contributed by atoms with Crippen LogP contribution in [0.2, 0.25) is 0 Å². The van der Waals surface area contributed by atoms with E-state index in [1.165, 1.54) is 0 Å². The van der Waals surface area contributed by atoms with E-state index in [0.29, 0.717) is 12.8 Å². The number of aldehydes is 1. The van der Waals surface area contributed by atoms with Crippen molar-refractivity contribution in [2.75, 3.05) is 0 Å². The quantitative estimate of drug-likeness (QED) is 0.354. The lowest BCUT2D eigenvalue weighted by Gasteiger charge is -2.31. The summed E-state index contributed by atoms with van der Waals surface area (Å²) in [5.41, 5.74) is 0. The van der Waals surface area contributed by atoms with Gasteiger partial charge in [-0.15, -0.1) is 0 Å². The van der Waals surface area contributed by atoms with E-state index < -0.39 is 0 Å². The van der Waals surface area contributed by atoms with Crippen molar-refractivity contribution in [3.05, 3.63) is 0 Å². The van der Waals surface area contributed by atoms with Gasteiger partial charge >= 0.3 is 5.97 Å². The highest BCUT2D eigenvalue weighted by Gasteiger charge is 2.31. The molecule has 114 valence electrons. The van der Waals surface area contributed by atoms with Crippen LogP contribution in [-0.4, -0.2) is 24.2 Å². The fraction of sp³-hybridized carbons (Fsp3) is 0.786. The molecule has 0 spiro atoms. The summed E-state index contributed by atoms with van der Waals surface area (Å²) in [4.78, 5) is 32.6. The molecule has 1 N–H and O–H groups in total. The number of hydrogen-bond acceptors (Lipinski definition) is 4. The van der Waals surface area contributed by atoms with Crippen LogP contribution in [0.1, 0.15) is 57.8 Å². The van der Waals surface area contributed by atoms with Crippen molar-refractivity contribution in [1.82, 2.24) is 5.32 Å². The summed E-state index contributed by atoms with van der Waals surface area (Å²) in [6, 6.07) is 0.0651. The lowest BCUT2D eigenvalue weighted by atomic mass is 9.88. The minimum atomic E-state index is -0.221. The molecule has 0 aromatic rings. The molecule has 2 unspecified atom stereocenters. The Kier molecular flexibility index (Phi) is 8.49. The minimum Gasteiger partial charge on any atom is -0.384 e. The Morgan fingerprint density at radius 1 is 1.30 bits per heavy atom. The van der Waals surface area contributed by atoms with Crippen molar-refractivity contribution >= 4 is 34.4 Å². The highest BCUT2D eigenvalue weighted by Crippen LogP contribution is 2.20. The number of carbonyl (C=O) groups is 3. The van der Waals surface area contributed by atoms with Crippen LogP contribution in [0.25, 0.3) is 0 Å². The van der Waals surface area contributed by atoms with Crippen LogP contribution >= 0.6 is 16.3 Å². The highest BCUT2D eigenvalue weighted by atomic mass is 79.9. The molecule has 0 aliphatic carbocycles. The number of nitrogens with one attached hydrogen (secondary N) is 1. The van der Waals surface area contributed by atoms with Crippen LogP contribution in [0, 0.1) is 5.92 Å². The molecular weight excluding hydrogens is 326 g/mol. The van der Waals surface area contributed by atoms with Gasteiger partial charge in [-0.05, 0) is 12.8 Å². The Morgan fingerprint density at radius 2 is 1.90 bits per heavy atom. The average Bonchev–Trinajstić information content (AvgIpc) is 2.42. The maximum atomic E-state index is 10.9. The zero-order valence-electron chi connectivity index (χ0n) is 11.6. The molecule has 0 aromatic carbocycles. The molecule has 0 saturated carbocycles. The third-order valence-electron chi connectivity index (χ3n) is 3.70. The summed E-state index contributed by atoms with van der Waals surface area (Å²) in [7, 11) is 0. The maximum absolute atomic E-state index is 10.9. The first-order valence-corrected chi connectivity index (χ1v) is 7.88. The van der Waals surface area contributed by atoms with Crippen LogP contribution in [-0.2, 0) is 18.2 Å². The zero-order chi connectivity index (χ0) is 14.8. The van der Waals surface area contributed by atoms with Gasteiger partial charge in [0.15, 0.2) is 16.3 Å². The number of β-lactam (4-membered cyclic amide) rings is 1. The van der Waals surface area contributed by atoms with Gasteiger partial charge in [0.25, 0.3) is 0 Å². The molecule has 1 amide bonds. The second kappa shape index (κ2) is 9.91. The van der Waals surface area contributed by atoms with Crippen molar-refractivity contribution in [1.29, 1.82) is 0 Å². The van der Waals surface area contributed by atoms with Gasteiger partial charge in [0, 0.05) is 24.8 Å². The van der Waals surface area contributed by atoms with Crippen molar-refractivity contribution in [3.8, 4) is 0 Å². The van der Waals surface area contributed by atoms with Crippen molar-refractivity contribution < 1.29 is 18.2 Å². The van der Waals surface area contributed by atoms with Crippen LogP contribution in [0.15, 0.2) is 0 Å². The predicted molar refractivity (Wildman–Crippen MR) is 78.1 cm³/mol. The largest absolute Gasteiger partial charge is 0.384 e. The first-order chi connectivity index (χ1) is 9.67. The SMILES string of the molecule is O=CC(CCCCCCCCC(=O)OBr)C1CC(=O)N1. The Morgan fingerprint density at radius 3 is 2.45 bits per heavy atom.